The van der Waals surface area contributed by atoms with Crippen molar-refractivity contribution in [2.24, 2.45) is 17.3 Å². The van der Waals surface area contributed by atoms with Crippen LogP contribution >= 0.6 is 15.9 Å². The first-order chi connectivity index (χ1) is 7.18. The molecule has 1 saturated carbocycles. The van der Waals surface area contributed by atoms with E-state index in [2.05, 4.69) is 28.1 Å². The molecule has 0 aromatic carbocycles. The van der Waals surface area contributed by atoms with Crippen LogP contribution in [-0.2, 0) is 9.57 Å². The molecule has 0 N–H and O–H groups in total. The second-order valence-electron chi connectivity index (χ2n) is 5.19. The average molecular weight is 272 g/mol. The number of hydrogen-bond donors (Lipinski definition) is 0. The van der Waals surface area contributed by atoms with Crippen LogP contribution in [0.25, 0.3) is 0 Å². The summed E-state index contributed by atoms with van der Waals surface area (Å²) in [5.74, 6) is 1.14. The molecule has 0 radical (unpaired) electrons. The number of allylic oxidation sites excluding steroid dienone is 1. The topological polar surface area (TPSA) is 21.7 Å². The summed E-state index contributed by atoms with van der Waals surface area (Å²) in [6.07, 6.45) is 5.90. The summed E-state index contributed by atoms with van der Waals surface area (Å²) in [4.78, 5) is 6.08. The number of hydroxylamine groups is 2. The van der Waals surface area contributed by atoms with E-state index in [1.54, 1.807) is 0 Å². The van der Waals surface area contributed by atoms with Crippen LogP contribution < -0.4 is 0 Å². The van der Waals surface area contributed by atoms with E-state index in [0.717, 1.165) is 13.2 Å². The first-order valence-corrected chi connectivity index (χ1v) is 6.35. The quantitative estimate of drug-likeness (QED) is 0.493. The molecule has 1 spiro atoms. The van der Waals surface area contributed by atoms with E-state index in [-0.39, 0.29) is 9.93 Å². The minimum absolute atomic E-state index is 0.154. The zero-order valence-electron chi connectivity index (χ0n) is 8.65. The summed E-state index contributed by atoms with van der Waals surface area (Å²) in [6, 6.07) is 0.414. The second-order valence-corrected chi connectivity index (χ2v) is 6.37. The highest BCUT2D eigenvalue weighted by molar-refractivity contribution is 9.10. The molecule has 4 heteroatoms. The van der Waals surface area contributed by atoms with Crippen molar-refractivity contribution >= 4 is 15.9 Å². The van der Waals surface area contributed by atoms with Gasteiger partial charge in [-0.25, -0.2) is 0 Å². The van der Waals surface area contributed by atoms with Crippen LogP contribution in [0, 0.1) is 17.3 Å². The van der Waals surface area contributed by atoms with E-state index in [0.29, 0.717) is 17.9 Å². The molecule has 4 aliphatic rings. The lowest BCUT2D eigenvalue weighted by Gasteiger charge is -2.38. The lowest BCUT2D eigenvalue weighted by atomic mass is 9.71. The SMILES string of the molecule is CN1O[C@]2(Br)[C@H]3C=C[C@H](C3)[C@@]23COC[C@@H]13. The Bertz CT molecular complexity index is 360. The maximum absolute atomic E-state index is 6.08. The van der Waals surface area contributed by atoms with Gasteiger partial charge in [-0.2, -0.15) is 5.06 Å². The van der Waals surface area contributed by atoms with Crippen LogP contribution in [0.1, 0.15) is 6.42 Å². The van der Waals surface area contributed by atoms with E-state index in [1.165, 1.54) is 6.42 Å². The molecular weight excluding hydrogens is 258 g/mol. The van der Waals surface area contributed by atoms with Crippen molar-refractivity contribution in [2.75, 3.05) is 20.3 Å². The van der Waals surface area contributed by atoms with E-state index in [1.807, 2.05) is 12.1 Å². The second kappa shape index (κ2) is 2.50. The summed E-state index contributed by atoms with van der Waals surface area (Å²) in [7, 11) is 2.03. The number of likely N-dealkylation sites (N-methyl/N-ethyl adjacent to an activating group) is 1. The Kier molecular flexibility index (Phi) is 1.53. The maximum atomic E-state index is 6.08. The predicted molar refractivity (Wildman–Crippen MR) is 58.3 cm³/mol. The van der Waals surface area contributed by atoms with Gasteiger partial charge in [-0.15, -0.1) is 0 Å². The number of ether oxygens (including phenoxy) is 1. The van der Waals surface area contributed by atoms with Crippen molar-refractivity contribution < 1.29 is 9.57 Å². The Morgan fingerprint density at radius 2 is 2.20 bits per heavy atom. The van der Waals surface area contributed by atoms with Gasteiger partial charge in [0.1, 0.15) is 0 Å². The van der Waals surface area contributed by atoms with Crippen molar-refractivity contribution in [1.29, 1.82) is 0 Å². The van der Waals surface area contributed by atoms with Crippen molar-refractivity contribution in [2.45, 2.75) is 17.0 Å². The van der Waals surface area contributed by atoms with E-state index < -0.39 is 0 Å². The fourth-order valence-corrected chi connectivity index (χ4v) is 5.31. The molecule has 15 heavy (non-hydrogen) atoms. The lowest BCUT2D eigenvalue weighted by molar-refractivity contribution is -0.175. The van der Waals surface area contributed by atoms with Crippen molar-refractivity contribution in [1.82, 2.24) is 5.06 Å². The molecule has 5 atom stereocenters. The Hall–Kier alpha value is 0.1000. The molecule has 0 unspecified atom stereocenters. The van der Waals surface area contributed by atoms with Crippen molar-refractivity contribution in [3.8, 4) is 0 Å². The Morgan fingerprint density at radius 3 is 3.07 bits per heavy atom. The Labute approximate surface area is 97.5 Å². The first-order valence-electron chi connectivity index (χ1n) is 5.55. The van der Waals surface area contributed by atoms with Gasteiger partial charge in [0.15, 0.2) is 4.51 Å². The Balaban J connectivity index is 1.92. The third-order valence-corrected chi connectivity index (χ3v) is 6.25. The van der Waals surface area contributed by atoms with Gasteiger partial charge in [0.25, 0.3) is 0 Å². The molecule has 2 aliphatic heterocycles. The largest absolute Gasteiger partial charge is 0.379 e. The molecule has 4 rings (SSSR count). The molecular formula is C11H14BrNO2. The van der Waals surface area contributed by atoms with Crippen LogP contribution in [0.3, 0.4) is 0 Å². The molecule has 2 heterocycles. The van der Waals surface area contributed by atoms with Gasteiger partial charge >= 0.3 is 0 Å². The van der Waals surface area contributed by atoms with Crippen molar-refractivity contribution in [3.63, 3.8) is 0 Å². The number of hydrogen-bond acceptors (Lipinski definition) is 3. The van der Waals surface area contributed by atoms with Crippen LogP contribution in [0.4, 0.5) is 0 Å². The standard InChI is InChI=1S/C11H14BrNO2/c1-13-9-5-14-6-10(9)7-2-3-8(4-7)11(10,12)15-13/h2-3,7-9H,4-6H2,1H3/t7-,8+,9-,10-,11-/m1/s1. The zero-order chi connectivity index (χ0) is 10.3. The summed E-state index contributed by atoms with van der Waals surface area (Å²) in [6.45, 7) is 1.64. The minimum atomic E-state index is -0.199. The zero-order valence-corrected chi connectivity index (χ0v) is 10.2. The fraction of sp³-hybridized carbons (Fsp3) is 0.818. The van der Waals surface area contributed by atoms with Gasteiger partial charge in [-0.1, -0.05) is 28.1 Å². The fourth-order valence-electron chi connectivity index (χ4n) is 4.07. The highest BCUT2D eigenvalue weighted by Gasteiger charge is 2.76. The van der Waals surface area contributed by atoms with Crippen LogP contribution in [0.15, 0.2) is 12.2 Å². The number of halogens is 1. The smallest absolute Gasteiger partial charge is 0.160 e. The monoisotopic (exact) mass is 271 g/mol. The van der Waals surface area contributed by atoms with Gasteiger partial charge in [0, 0.05) is 13.0 Å². The molecule has 0 amide bonds. The van der Waals surface area contributed by atoms with Gasteiger partial charge < -0.3 is 4.74 Å². The third-order valence-electron chi connectivity index (χ3n) is 4.78. The van der Waals surface area contributed by atoms with Crippen LogP contribution in [0.2, 0.25) is 0 Å². The number of rotatable bonds is 0. The third kappa shape index (κ3) is 0.761. The van der Waals surface area contributed by atoms with Crippen LogP contribution in [-0.4, -0.2) is 35.9 Å². The van der Waals surface area contributed by atoms with Gasteiger partial charge in [-0.05, 0) is 12.3 Å². The van der Waals surface area contributed by atoms with Crippen LogP contribution in [0.5, 0.6) is 0 Å². The predicted octanol–water partition coefficient (Wildman–Crippen LogP) is 1.55. The lowest BCUT2D eigenvalue weighted by Crippen LogP contribution is -2.49. The molecule has 2 aliphatic carbocycles. The number of fused-ring (bicyclic) bond motifs is 3. The molecule has 2 bridgehead atoms. The summed E-state index contributed by atoms with van der Waals surface area (Å²) >= 11 is 3.87. The highest BCUT2D eigenvalue weighted by atomic mass is 79.9. The van der Waals surface area contributed by atoms with Gasteiger partial charge in [0.2, 0.25) is 0 Å². The molecule has 2 saturated heterocycles. The maximum Gasteiger partial charge on any atom is 0.160 e. The van der Waals surface area contributed by atoms with E-state index >= 15 is 0 Å². The molecule has 82 valence electrons. The molecule has 3 fully saturated rings. The molecule has 3 nitrogen and oxygen atoms in total. The highest BCUT2D eigenvalue weighted by Crippen LogP contribution is 2.69. The number of nitrogens with zero attached hydrogens (tertiary/aromatic N) is 1. The van der Waals surface area contributed by atoms with Gasteiger partial charge in [-0.3, -0.25) is 4.84 Å². The Morgan fingerprint density at radius 1 is 1.40 bits per heavy atom. The summed E-state index contributed by atoms with van der Waals surface area (Å²) in [5.41, 5.74) is 0.154. The van der Waals surface area contributed by atoms with E-state index in [4.69, 9.17) is 9.57 Å². The average Bonchev–Trinajstić information content (AvgIpc) is 2.88. The first kappa shape index (κ1) is 9.16. The summed E-state index contributed by atoms with van der Waals surface area (Å²) in [5, 5.41) is 2.01. The van der Waals surface area contributed by atoms with E-state index in [9.17, 15) is 0 Å². The minimum Gasteiger partial charge on any atom is -0.379 e. The summed E-state index contributed by atoms with van der Waals surface area (Å²) < 4.78 is 5.52. The molecule has 0 aromatic heterocycles. The van der Waals surface area contributed by atoms with Crippen molar-refractivity contribution in [3.05, 3.63) is 12.2 Å². The number of alkyl halides is 1. The molecule has 0 aromatic rings. The normalized spacial score (nSPS) is 61.3. The van der Waals surface area contributed by atoms with Gasteiger partial charge in [0.05, 0.1) is 24.7 Å².